The molecule has 0 aliphatic carbocycles. The standard InChI is InChI=1S/C19H24N4O2/c1-14(24)15-5-7-17(8-6-15)22-18-13-16(9-11-20-18)19(25)21-10-4-12-23(2)3/h5-9,11,13H,4,10,12H2,1-3H3,(H,20,22)(H,21,25). The monoisotopic (exact) mass is 340 g/mol. The summed E-state index contributed by atoms with van der Waals surface area (Å²) in [5.41, 5.74) is 2.02. The number of rotatable bonds is 8. The molecular weight excluding hydrogens is 316 g/mol. The van der Waals surface area contributed by atoms with Crippen LogP contribution >= 0.6 is 0 Å². The van der Waals surface area contributed by atoms with Crippen molar-refractivity contribution in [2.45, 2.75) is 13.3 Å². The van der Waals surface area contributed by atoms with E-state index in [9.17, 15) is 9.59 Å². The van der Waals surface area contributed by atoms with E-state index in [-0.39, 0.29) is 11.7 Å². The van der Waals surface area contributed by atoms with Crippen LogP contribution in [0.3, 0.4) is 0 Å². The van der Waals surface area contributed by atoms with Gasteiger partial charge in [-0.05, 0) is 70.4 Å². The highest BCUT2D eigenvalue weighted by molar-refractivity contribution is 5.95. The lowest BCUT2D eigenvalue weighted by Gasteiger charge is -2.11. The SMILES string of the molecule is CC(=O)c1ccc(Nc2cc(C(=O)NCCCN(C)C)ccn2)cc1. The number of Topliss-reactive ketones (excluding diaryl/α,β-unsaturated/α-hetero) is 1. The largest absolute Gasteiger partial charge is 0.352 e. The van der Waals surface area contributed by atoms with Crippen LogP contribution in [0.5, 0.6) is 0 Å². The minimum Gasteiger partial charge on any atom is -0.352 e. The van der Waals surface area contributed by atoms with Gasteiger partial charge in [-0.2, -0.15) is 0 Å². The predicted molar refractivity (Wildman–Crippen MR) is 99.5 cm³/mol. The van der Waals surface area contributed by atoms with E-state index in [0.29, 0.717) is 23.5 Å². The Morgan fingerprint density at radius 1 is 1.08 bits per heavy atom. The normalized spacial score (nSPS) is 10.6. The molecule has 2 aromatic rings. The van der Waals surface area contributed by atoms with Crippen LogP contribution in [-0.4, -0.2) is 48.8 Å². The zero-order valence-corrected chi connectivity index (χ0v) is 14.9. The molecule has 1 amide bonds. The van der Waals surface area contributed by atoms with Gasteiger partial charge in [0.05, 0.1) is 0 Å². The van der Waals surface area contributed by atoms with Gasteiger partial charge in [0.2, 0.25) is 0 Å². The number of pyridine rings is 1. The third-order valence-electron chi connectivity index (χ3n) is 3.65. The highest BCUT2D eigenvalue weighted by Gasteiger charge is 2.07. The number of nitrogens with zero attached hydrogens (tertiary/aromatic N) is 2. The van der Waals surface area contributed by atoms with E-state index in [1.54, 1.807) is 30.5 Å². The molecule has 25 heavy (non-hydrogen) atoms. The van der Waals surface area contributed by atoms with Gasteiger partial charge in [-0.1, -0.05) is 0 Å². The van der Waals surface area contributed by atoms with E-state index in [2.05, 4.69) is 20.5 Å². The Hall–Kier alpha value is -2.73. The minimum atomic E-state index is -0.115. The maximum absolute atomic E-state index is 12.2. The Balaban J connectivity index is 1.96. The second-order valence-corrected chi connectivity index (χ2v) is 6.10. The van der Waals surface area contributed by atoms with E-state index in [1.165, 1.54) is 6.92 Å². The summed E-state index contributed by atoms with van der Waals surface area (Å²) in [6, 6.07) is 10.5. The maximum atomic E-state index is 12.2. The number of carbonyl (C=O) groups is 2. The van der Waals surface area contributed by atoms with Crippen molar-refractivity contribution in [3.8, 4) is 0 Å². The number of ketones is 1. The Morgan fingerprint density at radius 3 is 2.44 bits per heavy atom. The van der Waals surface area contributed by atoms with Crippen LogP contribution in [-0.2, 0) is 0 Å². The fourth-order valence-electron chi connectivity index (χ4n) is 2.28. The van der Waals surface area contributed by atoms with Gasteiger partial charge in [0.1, 0.15) is 5.82 Å². The van der Waals surface area contributed by atoms with Gasteiger partial charge in [-0.15, -0.1) is 0 Å². The fourth-order valence-corrected chi connectivity index (χ4v) is 2.28. The first kappa shape index (κ1) is 18.6. The molecule has 6 heteroatoms. The molecule has 132 valence electrons. The summed E-state index contributed by atoms with van der Waals surface area (Å²) in [6.07, 6.45) is 2.50. The maximum Gasteiger partial charge on any atom is 0.251 e. The molecule has 0 saturated carbocycles. The number of anilines is 2. The molecule has 0 aliphatic heterocycles. The molecule has 0 bridgehead atoms. The molecule has 2 N–H and O–H groups in total. The van der Waals surface area contributed by atoms with Crippen molar-refractivity contribution in [2.24, 2.45) is 0 Å². The van der Waals surface area contributed by atoms with Crippen LogP contribution in [0.4, 0.5) is 11.5 Å². The first-order valence-electron chi connectivity index (χ1n) is 8.22. The van der Waals surface area contributed by atoms with Crippen LogP contribution in [0.1, 0.15) is 34.1 Å². The number of aromatic nitrogens is 1. The van der Waals surface area contributed by atoms with E-state index in [4.69, 9.17) is 0 Å². The molecule has 0 radical (unpaired) electrons. The molecule has 1 heterocycles. The van der Waals surface area contributed by atoms with E-state index >= 15 is 0 Å². The molecular formula is C19H24N4O2. The lowest BCUT2D eigenvalue weighted by atomic mass is 10.1. The van der Waals surface area contributed by atoms with Crippen molar-refractivity contribution in [3.05, 3.63) is 53.7 Å². The number of carbonyl (C=O) groups excluding carboxylic acids is 2. The molecule has 6 nitrogen and oxygen atoms in total. The van der Waals surface area contributed by atoms with E-state index in [0.717, 1.165) is 18.7 Å². The van der Waals surface area contributed by atoms with Gasteiger partial charge in [0, 0.05) is 29.6 Å². The third-order valence-corrected chi connectivity index (χ3v) is 3.65. The number of hydrogen-bond donors (Lipinski definition) is 2. The molecule has 0 saturated heterocycles. The lowest BCUT2D eigenvalue weighted by molar-refractivity contribution is 0.0951. The quantitative estimate of drug-likeness (QED) is 0.571. The van der Waals surface area contributed by atoms with Gasteiger partial charge in [-0.25, -0.2) is 4.98 Å². The van der Waals surface area contributed by atoms with Crippen LogP contribution < -0.4 is 10.6 Å². The summed E-state index contributed by atoms with van der Waals surface area (Å²) < 4.78 is 0. The van der Waals surface area contributed by atoms with Crippen molar-refractivity contribution in [1.82, 2.24) is 15.2 Å². The van der Waals surface area contributed by atoms with Crippen molar-refractivity contribution >= 4 is 23.2 Å². The molecule has 0 fully saturated rings. The van der Waals surface area contributed by atoms with Crippen molar-refractivity contribution in [2.75, 3.05) is 32.5 Å². The molecule has 2 rings (SSSR count). The second-order valence-electron chi connectivity index (χ2n) is 6.10. The van der Waals surface area contributed by atoms with Gasteiger partial charge in [0.25, 0.3) is 5.91 Å². The number of nitrogens with one attached hydrogen (secondary N) is 2. The highest BCUT2D eigenvalue weighted by Crippen LogP contribution is 2.16. The number of benzene rings is 1. The second kappa shape index (κ2) is 8.94. The summed E-state index contributed by atoms with van der Waals surface area (Å²) in [5.74, 6) is 0.491. The predicted octanol–water partition coefficient (Wildman–Crippen LogP) is 2.71. The zero-order valence-electron chi connectivity index (χ0n) is 14.9. The molecule has 1 aromatic carbocycles. The smallest absolute Gasteiger partial charge is 0.251 e. The van der Waals surface area contributed by atoms with Gasteiger partial charge < -0.3 is 15.5 Å². The first-order chi connectivity index (χ1) is 12.0. The highest BCUT2D eigenvalue weighted by atomic mass is 16.1. The lowest BCUT2D eigenvalue weighted by Crippen LogP contribution is -2.27. The molecule has 0 unspecified atom stereocenters. The topological polar surface area (TPSA) is 74.3 Å². The summed E-state index contributed by atoms with van der Waals surface area (Å²) in [7, 11) is 4.01. The number of amides is 1. The van der Waals surface area contributed by atoms with Crippen LogP contribution in [0.2, 0.25) is 0 Å². The molecule has 1 aromatic heterocycles. The van der Waals surface area contributed by atoms with E-state index < -0.39 is 0 Å². The summed E-state index contributed by atoms with van der Waals surface area (Å²) in [5, 5.41) is 6.05. The van der Waals surface area contributed by atoms with Crippen molar-refractivity contribution in [1.29, 1.82) is 0 Å². The molecule has 0 spiro atoms. The summed E-state index contributed by atoms with van der Waals surface area (Å²) in [4.78, 5) is 29.8. The van der Waals surface area contributed by atoms with Crippen LogP contribution in [0, 0.1) is 0 Å². The van der Waals surface area contributed by atoms with E-state index in [1.807, 2.05) is 26.2 Å². The Morgan fingerprint density at radius 2 is 1.80 bits per heavy atom. The van der Waals surface area contributed by atoms with Gasteiger partial charge in [0.15, 0.2) is 5.78 Å². The average molecular weight is 340 g/mol. The average Bonchev–Trinajstić information content (AvgIpc) is 2.59. The minimum absolute atomic E-state index is 0.0256. The van der Waals surface area contributed by atoms with Crippen LogP contribution in [0.25, 0.3) is 0 Å². The summed E-state index contributed by atoms with van der Waals surface area (Å²) in [6.45, 7) is 3.10. The van der Waals surface area contributed by atoms with Gasteiger partial charge >= 0.3 is 0 Å². The fraction of sp³-hybridized carbons (Fsp3) is 0.316. The van der Waals surface area contributed by atoms with Crippen molar-refractivity contribution in [3.63, 3.8) is 0 Å². The Labute approximate surface area is 148 Å². The number of hydrogen-bond acceptors (Lipinski definition) is 5. The molecule has 0 atom stereocenters. The van der Waals surface area contributed by atoms with Gasteiger partial charge in [-0.3, -0.25) is 9.59 Å². The third kappa shape index (κ3) is 6.00. The Bertz CT molecular complexity index is 726. The summed E-state index contributed by atoms with van der Waals surface area (Å²) >= 11 is 0. The zero-order chi connectivity index (χ0) is 18.2. The van der Waals surface area contributed by atoms with Crippen molar-refractivity contribution < 1.29 is 9.59 Å². The Kier molecular flexibility index (Phi) is 6.65. The molecule has 0 aliphatic rings. The first-order valence-corrected chi connectivity index (χ1v) is 8.22. The van der Waals surface area contributed by atoms with Crippen LogP contribution in [0.15, 0.2) is 42.6 Å².